The summed E-state index contributed by atoms with van der Waals surface area (Å²) < 4.78 is 0. The number of fused-ring (bicyclic) bond motifs is 1. The number of hydrogen-bond acceptors (Lipinski definition) is 1. The fraction of sp³-hybridized carbons (Fsp3) is 0.400. The summed E-state index contributed by atoms with van der Waals surface area (Å²) in [5, 5.41) is 3.18. The molecule has 0 aliphatic heterocycles. The van der Waals surface area contributed by atoms with Crippen molar-refractivity contribution in [1.29, 1.82) is 0 Å². The quantitative estimate of drug-likeness (QED) is 0.657. The molecule has 0 unspecified atom stereocenters. The zero-order chi connectivity index (χ0) is 20.4. The molecule has 0 spiro atoms. The lowest BCUT2D eigenvalue weighted by atomic mass is 9.93. The van der Waals surface area contributed by atoms with Gasteiger partial charge in [0.15, 0.2) is 0 Å². The van der Waals surface area contributed by atoms with Gasteiger partial charge in [-0.1, -0.05) is 87.9 Å². The van der Waals surface area contributed by atoms with Crippen LogP contribution in [0.5, 0.6) is 0 Å². The minimum Gasteiger partial charge on any atom is -0.347 e. The van der Waals surface area contributed by atoms with Crippen LogP contribution < -0.4 is 5.32 Å². The Morgan fingerprint density at radius 2 is 1.48 bits per heavy atom. The van der Waals surface area contributed by atoms with Gasteiger partial charge in [0.05, 0.1) is 12.0 Å². The Balaban J connectivity index is 0.000000855. The molecular formula is C25H35NO. The van der Waals surface area contributed by atoms with Crippen molar-refractivity contribution in [1.82, 2.24) is 5.32 Å². The van der Waals surface area contributed by atoms with Crippen LogP contribution in [0, 0.1) is 0 Å². The maximum absolute atomic E-state index is 12.6. The molecule has 1 aliphatic rings. The van der Waals surface area contributed by atoms with E-state index in [0.717, 1.165) is 12.0 Å². The first-order valence-electron chi connectivity index (χ1n) is 10.1. The fourth-order valence-corrected chi connectivity index (χ4v) is 3.32. The number of amides is 1. The Kier molecular flexibility index (Phi) is 9.00. The first-order valence-corrected chi connectivity index (χ1v) is 10.1. The van der Waals surface area contributed by atoms with Gasteiger partial charge in [-0.25, -0.2) is 0 Å². The van der Waals surface area contributed by atoms with Crippen molar-refractivity contribution in [3.8, 4) is 0 Å². The third-order valence-electron chi connectivity index (χ3n) is 4.60. The standard InChI is InChI=1S/C21H23NO.2C2H6/c1-15-13-16-9-7-8-12-18(16)19(15)14-20(23)22-21(2,3)17-10-5-4-6-11-17;2*1-2/h4-12H,13-14H2,1-3H3,(H,22,23);2*1-2H3. The van der Waals surface area contributed by atoms with E-state index in [1.807, 2.05) is 65.8 Å². The predicted octanol–water partition coefficient (Wildman–Crippen LogP) is 6.51. The van der Waals surface area contributed by atoms with E-state index >= 15 is 0 Å². The molecule has 2 aromatic rings. The summed E-state index contributed by atoms with van der Waals surface area (Å²) in [5.74, 6) is 0.0740. The van der Waals surface area contributed by atoms with E-state index in [4.69, 9.17) is 0 Å². The second kappa shape index (κ2) is 10.7. The molecule has 0 atom stereocenters. The Morgan fingerprint density at radius 1 is 0.926 bits per heavy atom. The summed E-state index contributed by atoms with van der Waals surface area (Å²) in [5.41, 5.74) is 5.80. The second-order valence-corrected chi connectivity index (χ2v) is 6.81. The van der Waals surface area contributed by atoms with E-state index in [-0.39, 0.29) is 11.4 Å². The number of carbonyl (C=O) groups excluding carboxylic acids is 1. The van der Waals surface area contributed by atoms with E-state index in [0.29, 0.717) is 6.42 Å². The Labute approximate surface area is 165 Å². The third kappa shape index (κ3) is 5.82. The van der Waals surface area contributed by atoms with Crippen molar-refractivity contribution in [2.75, 3.05) is 0 Å². The van der Waals surface area contributed by atoms with Crippen LogP contribution in [-0.4, -0.2) is 5.91 Å². The zero-order valence-corrected chi connectivity index (χ0v) is 18.0. The summed E-state index contributed by atoms with van der Waals surface area (Å²) in [6.45, 7) is 14.2. The number of carbonyl (C=O) groups is 1. The molecule has 3 rings (SSSR count). The normalized spacial score (nSPS) is 12.3. The molecule has 2 aromatic carbocycles. The third-order valence-corrected chi connectivity index (χ3v) is 4.60. The van der Waals surface area contributed by atoms with Crippen molar-refractivity contribution >= 4 is 11.5 Å². The van der Waals surface area contributed by atoms with E-state index in [1.165, 1.54) is 22.3 Å². The summed E-state index contributed by atoms with van der Waals surface area (Å²) >= 11 is 0. The number of rotatable bonds is 4. The lowest BCUT2D eigenvalue weighted by Crippen LogP contribution is -2.40. The summed E-state index contributed by atoms with van der Waals surface area (Å²) in [6, 6.07) is 18.5. The molecule has 0 saturated carbocycles. The molecule has 0 saturated heterocycles. The molecule has 0 fully saturated rings. The van der Waals surface area contributed by atoms with Gasteiger partial charge in [0.25, 0.3) is 0 Å². The van der Waals surface area contributed by atoms with Crippen molar-refractivity contribution in [3.05, 3.63) is 76.9 Å². The predicted molar refractivity (Wildman–Crippen MR) is 118 cm³/mol. The van der Waals surface area contributed by atoms with Gasteiger partial charge in [-0.3, -0.25) is 4.79 Å². The average molecular weight is 366 g/mol. The highest BCUT2D eigenvalue weighted by molar-refractivity contribution is 5.92. The number of allylic oxidation sites excluding steroid dienone is 1. The van der Waals surface area contributed by atoms with Crippen LogP contribution in [0.2, 0.25) is 0 Å². The van der Waals surface area contributed by atoms with E-state index in [9.17, 15) is 4.79 Å². The average Bonchev–Trinajstić information content (AvgIpc) is 3.00. The molecule has 1 amide bonds. The largest absolute Gasteiger partial charge is 0.347 e. The highest BCUT2D eigenvalue weighted by Crippen LogP contribution is 2.34. The van der Waals surface area contributed by atoms with Crippen LogP contribution in [0.1, 0.15) is 71.6 Å². The van der Waals surface area contributed by atoms with Crippen molar-refractivity contribution < 1.29 is 4.79 Å². The number of hydrogen-bond donors (Lipinski definition) is 1. The molecule has 0 radical (unpaired) electrons. The molecule has 146 valence electrons. The van der Waals surface area contributed by atoms with E-state index < -0.39 is 0 Å². The molecule has 2 nitrogen and oxygen atoms in total. The van der Waals surface area contributed by atoms with Crippen LogP contribution in [0.3, 0.4) is 0 Å². The van der Waals surface area contributed by atoms with Crippen molar-refractivity contribution in [2.24, 2.45) is 0 Å². The molecule has 27 heavy (non-hydrogen) atoms. The lowest BCUT2D eigenvalue weighted by molar-refractivity contribution is -0.121. The van der Waals surface area contributed by atoms with Crippen LogP contribution in [0.15, 0.2) is 60.2 Å². The van der Waals surface area contributed by atoms with Crippen LogP contribution >= 0.6 is 0 Å². The Morgan fingerprint density at radius 3 is 2.11 bits per heavy atom. The van der Waals surface area contributed by atoms with Crippen LogP contribution in [-0.2, 0) is 16.8 Å². The van der Waals surface area contributed by atoms with Gasteiger partial charge in [-0.15, -0.1) is 0 Å². The van der Waals surface area contributed by atoms with Gasteiger partial charge in [-0.05, 0) is 49.5 Å². The van der Waals surface area contributed by atoms with Gasteiger partial charge in [0.1, 0.15) is 0 Å². The van der Waals surface area contributed by atoms with Crippen molar-refractivity contribution in [2.45, 2.75) is 66.8 Å². The maximum atomic E-state index is 12.6. The molecule has 1 N–H and O–H groups in total. The molecule has 1 aliphatic carbocycles. The van der Waals surface area contributed by atoms with Gasteiger partial charge in [0.2, 0.25) is 5.91 Å². The van der Waals surface area contributed by atoms with Gasteiger partial charge >= 0.3 is 0 Å². The minimum absolute atomic E-state index is 0.0740. The molecule has 2 heteroatoms. The van der Waals surface area contributed by atoms with Gasteiger partial charge in [0, 0.05) is 0 Å². The lowest BCUT2D eigenvalue weighted by Gasteiger charge is -2.27. The molecular weight excluding hydrogens is 330 g/mol. The summed E-state index contributed by atoms with van der Waals surface area (Å²) in [7, 11) is 0. The Hall–Kier alpha value is -2.35. The zero-order valence-electron chi connectivity index (χ0n) is 18.0. The highest BCUT2D eigenvalue weighted by Gasteiger charge is 2.25. The van der Waals surface area contributed by atoms with E-state index in [2.05, 4.69) is 42.6 Å². The minimum atomic E-state index is -0.370. The topological polar surface area (TPSA) is 29.1 Å². The van der Waals surface area contributed by atoms with Crippen LogP contribution in [0.4, 0.5) is 0 Å². The number of benzene rings is 2. The first-order chi connectivity index (χ1) is 13.0. The highest BCUT2D eigenvalue weighted by atomic mass is 16.1. The summed E-state index contributed by atoms with van der Waals surface area (Å²) in [6.07, 6.45) is 1.40. The Bertz CT molecular complexity index is 757. The molecule has 0 bridgehead atoms. The maximum Gasteiger partial charge on any atom is 0.225 e. The van der Waals surface area contributed by atoms with E-state index in [1.54, 1.807) is 0 Å². The SMILES string of the molecule is CC.CC.CC1=C(CC(=O)NC(C)(C)c2ccccc2)c2ccccc2C1. The monoisotopic (exact) mass is 365 g/mol. The summed E-state index contributed by atoms with van der Waals surface area (Å²) in [4.78, 5) is 12.6. The smallest absolute Gasteiger partial charge is 0.225 e. The fourth-order valence-electron chi connectivity index (χ4n) is 3.32. The van der Waals surface area contributed by atoms with Crippen molar-refractivity contribution in [3.63, 3.8) is 0 Å². The molecule has 0 aromatic heterocycles. The second-order valence-electron chi connectivity index (χ2n) is 6.81. The van der Waals surface area contributed by atoms with Gasteiger partial charge in [-0.2, -0.15) is 0 Å². The van der Waals surface area contributed by atoms with Crippen LogP contribution in [0.25, 0.3) is 5.57 Å². The number of nitrogens with one attached hydrogen (secondary N) is 1. The molecule has 0 heterocycles. The van der Waals surface area contributed by atoms with Gasteiger partial charge < -0.3 is 5.32 Å². The first kappa shape index (κ1) is 22.7.